The van der Waals surface area contributed by atoms with Crippen molar-refractivity contribution in [2.45, 2.75) is 20.0 Å². The van der Waals surface area contributed by atoms with Crippen LogP contribution in [-0.4, -0.2) is 9.97 Å². The van der Waals surface area contributed by atoms with Gasteiger partial charge in [-0.05, 0) is 31.5 Å². The Balaban J connectivity index is 2.59. The van der Waals surface area contributed by atoms with Crippen LogP contribution in [0.3, 0.4) is 0 Å². The molecule has 1 aromatic carbocycles. The quantitative estimate of drug-likeness (QED) is 0.784. The van der Waals surface area contributed by atoms with Crippen LogP contribution in [0.2, 0.25) is 0 Å². The zero-order chi connectivity index (χ0) is 14.2. The van der Waals surface area contributed by atoms with E-state index in [1.807, 2.05) is 0 Å². The summed E-state index contributed by atoms with van der Waals surface area (Å²) in [5.74, 6) is 0. The number of rotatable bonds is 1. The lowest BCUT2D eigenvalue weighted by Gasteiger charge is -2.12. The summed E-state index contributed by atoms with van der Waals surface area (Å²) in [4.78, 5) is 6.86. The summed E-state index contributed by atoms with van der Waals surface area (Å²) in [6.07, 6.45) is -2.88. The van der Waals surface area contributed by atoms with E-state index < -0.39 is 11.7 Å². The van der Waals surface area contributed by atoms with E-state index in [0.29, 0.717) is 21.5 Å². The van der Waals surface area contributed by atoms with Gasteiger partial charge in [-0.3, -0.25) is 0 Å². The van der Waals surface area contributed by atoms with Gasteiger partial charge in [0.05, 0.1) is 17.6 Å². The number of H-pyrrole nitrogens is 1. The Hall–Kier alpha value is -1.69. The number of hydrogen-bond donors (Lipinski definition) is 1. The average molecular weight is 284 g/mol. The smallest absolute Gasteiger partial charge is 0.346 e. The zero-order valence-corrected chi connectivity index (χ0v) is 11.1. The van der Waals surface area contributed by atoms with Gasteiger partial charge >= 0.3 is 6.18 Å². The van der Waals surface area contributed by atoms with Crippen LogP contribution in [0.4, 0.5) is 13.2 Å². The molecule has 0 aliphatic heterocycles. The molecule has 0 aliphatic rings. The maximum absolute atomic E-state index is 12.6. The van der Waals surface area contributed by atoms with Crippen molar-refractivity contribution in [1.29, 1.82) is 0 Å². The number of alkyl halides is 3. The predicted octanol–water partition coefficient (Wildman–Crippen LogP) is 4.44. The molecule has 0 spiro atoms. The third-order valence-electron chi connectivity index (χ3n) is 2.91. The van der Waals surface area contributed by atoms with Crippen molar-refractivity contribution in [1.82, 2.24) is 9.97 Å². The molecule has 1 heterocycles. The molecule has 0 atom stereocenters. The second-order valence-corrected chi connectivity index (χ2v) is 4.62. The molecule has 19 heavy (non-hydrogen) atoms. The lowest BCUT2D eigenvalue weighted by Crippen LogP contribution is -2.05. The van der Waals surface area contributed by atoms with Crippen molar-refractivity contribution in [3.8, 4) is 11.3 Å². The maximum Gasteiger partial charge on any atom is 0.416 e. The van der Waals surface area contributed by atoms with Gasteiger partial charge in [0.25, 0.3) is 0 Å². The SMILES string of the molecule is Cc1cc(C(F)(F)F)ccc1-c1[nH]cnc(=S)c1C. The molecule has 0 bridgehead atoms. The van der Waals surface area contributed by atoms with Gasteiger partial charge in [0, 0.05) is 11.1 Å². The monoisotopic (exact) mass is 284 g/mol. The lowest BCUT2D eigenvalue weighted by molar-refractivity contribution is -0.137. The Morgan fingerprint density at radius 3 is 2.47 bits per heavy atom. The van der Waals surface area contributed by atoms with Crippen molar-refractivity contribution >= 4 is 12.2 Å². The molecule has 6 heteroatoms. The number of aryl methyl sites for hydroxylation is 1. The van der Waals surface area contributed by atoms with Crippen LogP contribution in [0.25, 0.3) is 11.3 Å². The number of benzene rings is 1. The second kappa shape index (κ2) is 4.77. The Morgan fingerprint density at radius 2 is 1.89 bits per heavy atom. The van der Waals surface area contributed by atoms with E-state index >= 15 is 0 Å². The average Bonchev–Trinajstić information content (AvgIpc) is 2.32. The molecule has 0 amide bonds. The summed E-state index contributed by atoms with van der Waals surface area (Å²) in [7, 11) is 0. The summed E-state index contributed by atoms with van der Waals surface area (Å²) < 4.78 is 38.3. The maximum atomic E-state index is 12.6. The van der Waals surface area contributed by atoms with Crippen LogP contribution in [-0.2, 0) is 6.18 Å². The van der Waals surface area contributed by atoms with Crippen molar-refractivity contribution in [2.24, 2.45) is 0 Å². The first-order valence-electron chi connectivity index (χ1n) is 5.53. The van der Waals surface area contributed by atoms with E-state index in [1.165, 1.54) is 12.4 Å². The van der Waals surface area contributed by atoms with Gasteiger partial charge in [-0.15, -0.1) is 0 Å². The third-order valence-corrected chi connectivity index (χ3v) is 3.32. The van der Waals surface area contributed by atoms with Crippen molar-refractivity contribution in [3.63, 3.8) is 0 Å². The number of hydrogen-bond acceptors (Lipinski definition) is 2. The number of aromatic nitrogens is 2. The highest BCUT2D eigenvalue weighted by molar-refractivity contribution is 7.71. The summed E-state index contributed by atoms with van der Waals surface area (Å²) in [6.45, 7) is 3.43. The molecule has 0 saturated heterocycles. The molecule has 0 saturated carbocycles. The predicted molar refractivity (Wildman–Crippen MR) is 69.3 cm³/mol. The highest BCUT2D eigenvalue weighted by atomic mass is 32.1. The molecule has 1 N–H and O–H groups in total. The van der Waals surface area contributed by atoms with E-state index in [0.717, 1.165) is 17.7 Å². The first-order chi connectivity index (χ1) is 8.80. The Labute approximate surface area is 113 Å². The van der Waals surface area contributed by atoms with E-state index in [9.17, 15) is 13.2 Å². The molecule has 2 rings (SSSR count). The highest BCUT2D eigenvalue weighted by Gasteiger charge is 2.30. The molecule has 100 valence electrons. The molecular formula is C13H11F3N2S. The molecule has 0 unspecified atom stereocenters. The van der Waals surface area contributed by atoms with Crippen LogP contribution >= 0.6 is 12.2 Å². The Bertz CT molecular complexity index is 674. The van der Waals surface area contributed by atoms with E-state index in [2.05, 4.69) is 9.97 Å². The van der Waals surface area contributed by atoms with Crippen LogP contribution < -0.4 is 0 Å². The largest absolute Gasteiger partial charge is 0.416 e. The Kier molecular flexibility index (Phi) is 3.45. The van der Waals surface area contributed by atoms with Gasteiger partial charge in [0.15, 0.2) is 0 Å². The molecular weight excluding hydrogens is 273 g/mol. The van der Waals surface area contributed by atoms with Crippen LogP contribution in [0.1, 0.15) is 16.7 Å². The number of nitrogens with one attached hydrogen (secondary N) is 1. The van der Waals surface area contributed by atoms with Gasteiger partial charge in [0.2, 0.25) is 0 Å². The van der Waals surface area contributed by atoms with Gasteiger partial charge in [-0.25, -0.2) is 4.98 Å². The second-order valence-electron chi connectivity index (χ2n) is 4.24. The van der Waals surface area contributed by atoms with Crippen LogP contribution in [0, 0.1) is 18.5 Å². The van der Waals surface area contributed by atoms with E-state index in [-0.39, 0.29) is 0 Å². The minimum Gasteiger partial charge on any atom is -0.346 e. The molecule has 2 aromatic rings. The van der Waals surface area contributed by atoms with Crippen molar-refractivity contribution < 1.29 is 13.2 Å². The number of halogens is 3. The van der Waals surface area contributed by atoms with Crippen molar-refractivity contribution in [2.75, 3.05) is 0 Å². The molecule has 2 nitrogen and oxygen atoms in total. The first-order valence-corrected chi connectivity index (χ1v) is 5.94. The zero-order valence-electron chi connectivity index (χ0n) is 10.3. The highest BCUT2D eigenvalue weighted by Crippen LogP contribution is 2.33. The fourth-order valence-corrected chi connectivity index (χ4v) is 2.02. The topological polar surface area (TPSA) is 28.7 Å². The molecule has 0 radical (unpaired) electrons. The van der Waals surface area contributed by atoms with Gasteiger partial charge in [-0.1, -0.05) is 18.3 Å². The number of nitrogens with zero attached hydrogens (tertiary/aromatic N) is 1. The summed E-state index contributed by atoms with van der Waals surface area (Å²) in [5, 5.41) is 0. The van der Waals surface area contributed by atoms with Gasteiger partial charge < -0.3 is 4.98 Å². The number of aromatic amines is 1. The normalized spacial score (nSPS) is 11.6. The van der Waals surface area contributed by atoms with Crippen LogP contribution in [0.5, 0.6) is 0 Å². The molecule has 0 fully saturated rings. The molecule has 0 aliphatic carbocycles. The summed E-state index contributed by atoms with van der Waals surface area (Å²) in [6, 6.07) is 3.65. The van der Waals surface area contributed by atoms with Crippen molar-refractivity contribution in [3.05, 3.63) is 45.9 Å². The third kappa shape index (κ3) is 2.68. The standard InChI is InChI=1S/C13H11F3N2S/c1-7-5-9(13(14,15)16)3-4-10(7)11-8(2)12(19)18-6-17-11/h3-6H,1-2H3,(H,17,18,19). The van der Waals surface area contributed by atoms with Gasteiger partial charge in [0.1, 0.15) is 4.64 Å². The summed E-state index contributed by atoms with van der Waals surface area (Å²) >= 11 is 5.06. The first kappa shape index (κ1) is 13.7. The summed E-state index contributed by atoms with van der Waals surface area (Å²) in [5.41, 5.74) is 2.03. The fraction of sp³-hybridized carbons (Fsp3) is 0.231. The minimum absolute atomic E-state index is 0.438. The van der Waals surface area contributed by atoms with E-state index in [1.54, 1.807) is 13.8 Å². The van der Waals surface area contributed by atoms with Crippen LogP contribution in [0.15, 0.2) is 24.5 Å². The Morgan fingerprint density at radius 1 is 1.21 bits per heavy atom. The van der Waals surface area contributed by atoms with Gasteiger partial charge in [-0.2, -0.15) is 13.2 Å². The fourth-order valence-electron chi connectivity index (χ4n) is 1.87. The molecule has 1 aromatic heterocycles. The lowest BCUT2D eigenvalue weighted by atomic mass is 10.00. The minimum atomic E-state index is -4.33. The van der Waals surface area contributed by atoms with E-state index in [4.69, 9.17) is 12.2 Å².